The van der Waals surface area contributed by atoms with Crippen molar-refractivity contribution >= 4 is 10.9 Å². The second-order valence-electron chi connectivity index (χ2n) is 6.49. The highest BCUT2D eigenvalue weighted by atomic mass is 127. The number of rotatable bonds is 4. The van der Waals surface area contributed by atoms with Crippen LogP contribution in [0.4, 0.5) is 0 Å². The predicted octanol–water partition coefficient (Wildman–Crippen LogP) is 0.557. The standard InChI is InChI=1S/C18H25N2O.HI/c1-15-14-18(19-17-9-5-4-8-16(15)17)21-13-12-20(2)10-6-3-7-11-20;/h4-5,8-9,14H,3,6-7,10-13H2,1-2H3;1H/q+1;/p-1. The number of halogens is 1. The number of fused-ring (bicyclic) bond motifs is 1. The van der Waals surface area contributed by atoms with Crippen molar-refractivity contribution in [2.24, 2.45) is 0 Å². The highest BCUT2D eigenvalue weighted by Gasteiger charge is 2.24. The molecule has 2 heterocycles. The molecule has 1 saturated heterocycles. The predicted molar refractivity (Wildman–Crippen MR) is 86.6 cm³/mol. The molecule has 3 rings (SSSR count). The average Bonchev–Trinajstić information content (AvgIpc) is 2.48. The lowest BCUT2D eigenvalue weighted by molar-refractivity contribution is -0.914. The topological polar surface area (TPSA) is 22.1 Å². The largest absolute Gasteiger partial charge is 1.00 e. The summed E-state index contributed by atoms with van der Waals surface area (Å²) in [6.07, 6.45) is 4.09. The number of hydrogen-bond donors (Lipinski definition) is 0. The maximum atomic E-state index is 5.94. The zero-order valence-corrected chi connectivity index (χ0v) is 15.7. The van der Waals surface area contributed by atoms with Crippen LogP contribution in [-0.2, 0) is 0 Å². The molecule has 2 aromatic rings. The van der Waals surface area contributed by atoms with Gasteiger partial charge in [-0.05, 0) is 37.8 Å². The number of quaternary nitrogens is 1. The van der Waals surface area contributed by atoms with E-state index in [1.54, 1.807) is 0 Å². The molecular formula is C18H25IN2O. The van der Waals surface area contributed by atoms with Crippen molar-refractivity contribution < 1.29 is 33.2 Å². The normalized spacial score (nSPS) is 17.0. The van der Waals surface area contributed by atoms with E-state index < -0.39 is 0 Å². The SMILES string of the molecule is Cc1cc(OCC[N+]2(C)CCCCC2)nc2ccccc12.[I-]. The Bertz CT molecular complexity index is 624. The number of para-hydroxylation sites is 1. The molecule has 0 atom stereocenters. The molecular weight excluding hydrogens is 387 g/mol. The van der Waals surface area contributed by atoms with E-state index in [2.05, 4.69) is 37.2 Å². The van der Waals surface area contributed by atoms with Crippen LogP contribution < -0.4 is 28.7 Å². The minimum atomic E-state index is 0. The molecule has 0 bridgehead atoms. The van der Waals surface area contributed by atoms with Crippen molar-refractivity contribution in [3.05, 3.63) is 35.9 Å². The lowest BCUT2D eigenvalue weighted by Crippen LogP contribution is -3.00. The first-order valence-corrected chi connectivity index (χ1v) is 7.99. The van der Waals surface area contributed by atoms with E-state index >= 15 is 0 Å². The van der Waals surface area contributed by atoms with Gasteiger partial charge in [0.1, 0.15) is 13.2 Å². The van der Waals surface area contributed by atoms with Crippen LogP contribution in [0.15, 0.2) is 30.3 Å². The molecule has 1 aliphatic rings. The fraction of sp³-hybridized carbons (Fsp3) is 0.500. The van der Waals surface area contributed by atoms with Gasteiger partial charge in [-0.15, -0.1) is 0 Å². The minimum absolute atomic E-state index is 0. The van der Waals surface area contributed by atoms with Gasteiger partial charge >= 0.3 is 0 Å². The monoisotopic (exact) mass is 412 g/mol. The summed E-state index contributed by atoms with van der Waals surface area (Å²) < 4.78 is 7.08. The van der Waals surface area contributed by atoms with Gasteiger partial charge in [-0.2, -0.15) is 0 Å². The Kier molecular flexibility index (Phi) is 6.03. The van der Waals surface area contributed by atoms with Gasteiger partial charge in [0.15, 0.2) is 0 Å². The number of ether oxygens (including phenoxy) is 1. The minimum Gasteiger partial charge on any atom is -1.00 e. The van der Waals surface area contributed by atoms with Gasteiger partial charge in [0.2, 0.25) is 5.88 Å². The third-order valence-corrected chi connectivity index (χ3v) is 4.68. The number of piperidine rings is 1. The molecule has 0 amide bonds. The Morgan fingerprint density at radius 3 is 2.64 bits per heavy atom. The zero-order chi connectivity index (χ0) is 14.7. The van der Waals surface area contributed by atoms with Crippen LogP contribution in [0.2, 0.25) is 0 Å². The summed E-state index contributed by atoms with van der Waals surface area (Å²) in [6.45, 7) is 6.52. The van der Waals surface area contributed by atoms with Crippen LogP contribution in [0.1, 0.15) is 24.8 Å². The lowest BCUT2D eigenvalue weighted by Gasteiger charge is -2.37. The van der Waals surface area contributed by atoms with Crippen LogP contribution in [0.3, 0.4) is 0 Å². The van der Waals surface area contributed by atoms with Gasteiger partial charge in [-0.25, -0.2) is 4.98 Å². The van der Waals surface area contributed by atoms with Gasteiger partial charge in [0.05, 0.1) is 25.7 Å². The number of likely N-dealkylation sites (tertiary alicyclic amines) is 1. The highest BCUT2D eigenvalue weighted by Crippen LogP contribution is 2.21. The second-order valence-corrected chi connectivity index (χ2v) is 6.49. The molecule has 1 fully saturated rings. The number of pyridine rings is 1. The van der Waals surface area contributed by atoms with Gasteiger partial charge in [-0.1, -0.05) is 18.2 Å². The first kappa shape index (κ1) is 17.5. The summed E-state index contributed by atoms with van der Waals surface area (Å²) in [5.41, 5.74) is 2.25. The van der Waals surface area contributed by atoms with Gasteiger partial charge in [0, 0.05) is 11.5 Å². The number of aromatic nitrogens is 1. The van der Waals surface area contributed by atoms with Gasteiger partial charge in [0.25, 0.3) is 0 Å². The zero-order valence-electron chi connectivity index (χ0n) is 13.5. The molecule has 1 aromatic heterocycles. The Balaban J connectivity index is 0.00000176. The lowest BCUT2D eigenvalue weighted by atomic mass is 10.1. The van der Waals surface area contributed by atoms with Crippen molar-refractivity contribution in [2.75, 3.05) is 33.3 Å². The van der Waals surface area contributed by atoms with Crippen LogP contribution in [0.25, 0.3) is 10.9 Å². The van der Waals surface area contributed by atoms with Crippen molar-refractivity contribution in [2.45, 2.75) is 26.2 Å². The summed E-state index contributed by atoms with van der Waals surface area (Å²) in [5.74, 6) is 0.759. The Labute approximate surface area is 150 Å². The molecule has 1 aromatic carbocycles. The van der Waals surface area contributed by atoms with Crippen molar-refractivity contribution in [3.63, 3.8) is 0 Å². The van der Waals surface area contributed by atoms with E-state index in [1.807, 2.05) is 12.1 Å². The smallest absolute Gasteiger partial charge is 0.214 e. The molecule has 0 N–H and O–H groups in total. The first-order chi connectivity index (χ1) is 10.2. The Morgan fingerprint density at radius 2 is 1.86 bits per heavy atom. The first-order valence-electron chi connectivity index (χ1n) is 7.99. The fourth-order valence-corrected chi connectivity index (χ4v) is 3.26. The Morgan fingerprint density at radius 1 is 1.14 bits per heavy atom. The van der Waals surface area contributed by atoms with E-state index in [4.69, 9.17) is 4.74 Å². The molecule has 0 saturated carbocycles. The van der Waals surface area contributed by atoms with Crippen LogP contribution in [0.5, 0.6) is 5.88 Å². The van der Waals surface area contributed by atoms with Gasteiger partial charge in [-0.3, -0.25) is 0 Å². The van der Waals surface area contributed by atoms with Gasteiger partial charge < -0.3 is 33.2 Å². The van der Waals surface area contributed by atoms with E-state index in [1.165, 1.54) is 43.3 Å². The van der Waals surface area contributed by atoms with E-state index in [0.29, 0.717) is 0 Å². The maximum Gasteiger partial charge on any atom is 0.214 e. The highest BCUT2D eigenvalue weighted by molar-refractivity contribution is 5.82. The number of nitrogens with zero attached hydrogens (tertiary/aromatic N) is 2. The van der Waals surface area contributed by atoms with Crippen molar-refractivity contribution in [3.8, 4) is 5.88 Å². The van der Waals surface area contributed by atoms with E-state index in [0.717, 1.165) is 29.0 Å². The summed E-state index contributed by atoms with van der Waals surface area (Å²) >= 11 is 0. The summed E-state index contributed by atoms with van der Waals surface area (Å²) in [5, 5.41) is 1.21. The quantitative estimate of drug-likeness (QED) is 0.541. The summed E-state index contributed by atoms with van der Waals surface area (Å²) in [7, 11) is 2.35. The third-order valence-electron chi connectivity index (χ3n) is 4.68. The van der Waals surface area contributed by atoms with Crippen molar-refractivity contribution in [1.29, 1.82) is 0 Å². The van der Waals surface area contributed by atoms with E-state index in [9.17, 15) is 0 Å². The summed E-state index contributed by atoms with van der Waals surface area (Å²) in [4.78, 5) is 4.61. The molecule has 22 heavy (non-hydrogen) atoms. The average molecular weight is 412 g/mol. The fourth-order valence-electron chi connectivity index (χ4n) is 3.26. The molecule has 120 valence electrons. The molecule has 4 heteroatoms. The van der Waals surface area contributed by atoms with Crippen LogP contribution >= 0.6 is 0 Å². The number of hydrogen-bond acceptors (Lipinski definition) is 2. The molecule has 0 radical (unpaired) electrons. The molecule has 0 unspecified atom stereocenters. The molecule has 0 spiro atoms. The van der Waals surface area contributed by atoms with Crippen molar-refractivity contribution in [1.82, 2.24) is 4.98 Å². The Hall–Kier alpha value is -0.880. The third kappa shape index (κ3) is 4.10. The molecule has 1 aliphatic heterocycles. The van der Waals surface area contributed by atoms with Crippen LogP contribution in [-0.4, -0.2) is 42.8 Å². The van der Waals surface area contributed by atoms with E-state index in [-0.39, 0.29) is 24.0 Å². The van der Waals surface area contributed by atoms with Crippen LogP contribution in [0, 0.1) is 6.92 Å². The number of likely N-dealkylation sites (N-methyl/N-ethyl adjacent to an activating group) is 1. The molecule has 0 aliphatic carbocycles. The second kappa shape index (κ2) is 7.59. The molecule has 3 nitrogen and oxygen atoms in total. The number of benzene rings is 1. The maximum absolute atomic E-state index is 5.94. The summed E-state index contributed by atoms with van der Waals surface area (Å²) in [6, 6.07) is 10.3. The number of aryl methyl sites for hydroxylation is 1.